The van der Waals surface area contributed by atoms with Crippen molar-refractivity contribution in [1.29, 1.82) is 5.26 Å². The monoisotopic (exact) mass is 314 g/mol. The second-order valence-corrected chi connectivity index (χ2v) is 3.63. The van der Waals surface area contributed by atoms with Crippen molar-refractivity contribution in [3.8, 4) is 6.07 Å². The zero-order valence-electron chi connectivity index (χ0n) is 6.06. The summed E-state index contributed by atoms with van der Waals surface area (Å²) in [5.74, 6) is 0. The number of rotatable bonds is 1. The Morgan fingerprint density at radius 3 is 2.69 bits per heavy atom. The second-order valence-electron chi connectivity index (χ2n) is 2.11. The van der Waals surface area contributed by atoms with Gasteiger partial charge in [0.1, 0.15) is 11.2 Å². The number of nitrogens with zero attached hydrogens (tertiary/aromatic N) is 2. The second kappa shape index (κ2) is 4.15. The van der Waals surface area contributed by atoms with Gasteiger partial charge in [-0.15, -0.1) is 0 Å². The van der Waals surface area contributed by atoms with Gasteiger partial charge >= 0.3 is 0 Å². The molecule has 0 aromatic carbocycles. The molecule has 1 aromatic rings. The molecule has 13 heavy (non-hydrogen) atoms. The van der Waals surface area contributed by atoms with E-state index < -0.39 is 6.43 Å². The molecule has 1 heterocycles. The lowest BCUT2D eigenvalue weighted by Crippen LogP contribution is -1.96. The van der Waals surface area contributed by atoms with Crippen LogP contribution >= 0.6 is 34.2 Å². The van der Waals surface area contributed by atoms with Gasteiger partial charge in [0.05, 0.1) is 9.13 Å². The lowest BCUT2D eigenvalue weighted by Gasteiger charge is -2.03. The zero-order valence-corrected chi connectivity index (χ0v) is 8.97. The van der Waals surface area contributed by atoms with E-state index in [0.29, 0.717) is 3.57 Å². The first kappa shape index (κ1) is 10.6. The molecule has 0 saturated heterocycles. The van der Waals surface area contributed by atoms with Crippen LogP contribution in [-0.4, -0.2) is 4.98 Å². The van der Waals surface area contributed by atoms with Crippen LogP contribution in [0.1, 0.15) is 17.7 Å². The first-order chi connectivity index (χ1) is 6.06. The molecule has 0 atom stereocenters. The normalized spacial score (nSPS) is 10.2. The maximum Gasteiger partial charge on any atom is 0.266 e. The topological polar surface area (TPSA) is 36.7 Å². The van der Waals surface area contributed by atoms with Crippen LogP contribution in [0.4, 0.5) is 8.78 Å². The number of aromatic nitrogens is 1. The van der Waals surface area contributed by atoms with Gasteiger partial charge in [0.15, 0.2) is 5.69 Å². The van der Waals surface area contributed by atoms with Crippen molar-refractivity contribution in [1.82, 2.24) is 4.98 Å². The fourth-order valence-corrected chi connectivity index (χ4v) is 1.33. The molecular weight excluding hydrogens is 312 g/mol. The van der Waals surface area contributed by atoms with Crippen LogP contribution in [0.3, 0.4) is 0 Å². The van der Waals surface area contributed by atoms with Crippen molar-refractivity contribution in [2.24, 2.45) is 0 Å². The van der Waals surface area contributed by atoms with Crippen molar-refractivity contribution < 1.29 is 8.78 Å². The van der Waals surface area contributed by atoms with Crippen LogP contribution in [0.5, 0.6) is 0 Å². The number of hydrogen-bond acceptors (Lipinski definition) is 2. The van der Waals surface area contributed by atoms with E-state index >= 15 is 0 Å². The Bertz CT molecular complexity index is 375. The van der Waals surface area contributed by atoms with E-state index in [4.69, 9.17) is 16.9 Å². The highest BCUT2D eigenvalue weighted by Gasteiger charge is 2.16. The van der Waals surface area contributed by atoms with Crippen LogP contribution in [0.25, 0.3) is 0 Å². The SMILES string of the molecule is N#Cc1nc(Cl)c(I)cc1C(F)F. The smallest absolute Gasteiger partial charge is 0.224 e. The van der Waals surface area contributed by atoms with Crippen molar-refractivity contribution >= 4 is 34.2 Å². The van der Waals surface area contributed by atoms with Gasteiger partial charge in [-0.1, -0.05) is 11.6 Å². The van der Waals surface area contributed by atoms with E-state index in [0.717, 1.165) is 0 Å². The predicted molar refractivity (Wildman–Crippen MR) is 51.6 cm³/mol. The molecule has 0 spiro atoms. The summed E-state index contributed by atoms with van der Waals surface area (Å²) in [6, 6.07) is 2.73. The van der Waals surface area contributed by atoms with E-state index in [1.54, 1.807) is 28.7 Å². The lowest BCUT2D eigenvalue weighted by atomic mass is 10.2. The summed E-state index contributed by atoms with van der Waals surface area (Å²) >= 11 is 7.33. The summed E-state index contributed by atoms with van der Waals surface area (Å²) in [4.78, 5) is 3.53. The Kier molecular flexibility index (Phi) is 3.39. The highest BCUT2D eigenvalue weighted by atomic mass is 127. The summed E-state index contributed by atoms with van der Waals surface area (Å²) in [5.41, 5.74) is -0.697. The summed E-state index contributed by atoms with van der Waals surface area (Å²) in [5, 5.41) is 8.55. The summed E-state index contributed by atoms with van der Waals surface area (Å²) in [7, 11) is 0. The highest BCUT2D eigenvalue weighted by Crippen LogP contribution is 2.26. The van der Waals surface area contributed by atoms with Crippen LogP contribution < -0.4 is 0 Å². The lowest BCUT2D eigenvalue weighted by molar-refractivity contribution is 0.150. The maximum absolute atomic E-state index is 12.3. The maximum atomic E-state index is 12.3. The summed E-state index contributed by atoms with van der Waals surface area (Å²) < 4.78 is 25.0. The minimum absolute atomic E-state index is 0.0709. The molecule has 0 bridgehead atoms. The fraction of sp³-hybridized carbons (Fsp3) is 0.143. The van der Waals surface area contributed by atoms with Gasteiger partial charge < -0.3 is 0 Å². The number of nitriles is 1. The van der Waals surface area contributed by atoms with Crippen LogP contribution in [0.15, 0.2) is 6.07 Å². The quantitative estimate of drug-likeness (QED) is 0.590. The fourth-order valence-electron chi connectivity index (χ4n) is 0.736. The van der Waals surface area contributed by atoms with Crippen LogP contribution in [-0.2, 0) is 0 Å². The van der Waals surface area contributed by atoms with E-state index in [1.165, 1.54) is 6.07 Å². The van der Waals surface area contributed by atoms with E-state index in [-0.39, 0.29) is 16.4 Å². The molecule has 6 heteroatoms. The average molecular weight is 314 g/mol. The molecule has 2 nitrogen and oxygen atoms in total. The predicted octanol–water partition coefficient (Wildman–Crippen LogP) is 3.15. The Morgan fingerprint density at radius 2 is 2.23 bits per heavy atom. The minimum Gasteiger partial charge on any atom is -0.224 e. The van der Waals surface area contributed by atoms with Gasteiger partial charge in [0.25, 0.3) is 6.43 Å². The Morgan fingerprint density at radius 1 is 1.62 bits per heavy atom. The molecule has 0 saturated carbocycles. The van der Waals surface area contributed by atoms with Gasteiger partial charge in [-0.25, -0.2) is 13.8 Å². The van der Waals surface area contributed by atoms with Crippen molar-refractivity contribution in [2.45, 2.75) is 6.43 Å². The number of alkyl halides is 2. The standard InChI is InChI=1S/C7H2ClF2IN2/c8-6-4(11)1-3(7(9)10)5(2-12)13-6/h1,7H. The first-order valence-electron chi connectivity index (χ1n) is 3.10. The molecule has 0 aliphatic heterocycles. The van der Waals surface area contributed by atoms with E-state index in [2.05, 4.69) is 4.98 Å². The molecule has 0 aliphatic rings. The van der Waals surface area contributed by atoms with Crippen LogP contribution in [0, 0.1) is 14.9 Å². The van der Waals surface area contributed by atoms with Gasteiger partial charge in [-0.2, -0.15) is 5.26 Å². The summed E-state index contributed by atoms with van der Waals surface area (Å²) in [6.07, 6.45) is -2.70. The summed E-state index contributed by atoms with van der Waals surface area (Å²) in [6.45, 7) is 0. The third-order valence-corrected chi connectivity index (χ3v) is 2.73. The molecule has 0 radical (unpaired) electrons. The molecule has 0 unspecified atom stereocenters. The van der Waals surface area contributed by atoms with Crippen molar-refractivity contribution in [3.05, 3.63) is 26.0 Å². The number of pyridine rings is 1. The molecule has 0 amide bonds. The molecule has 0 fully saturated rings. The van der Waals surface area contributed by atoms with Crippen LogP contribution in [0.2, 0.25) is 5.15 Å². The molecular formula is C7H2ClF2IN2. The average Bonchev–Trinajstić information content (AvgIpc) is 2.08. The van der Waals surface area contributed by atoms with Crippen molar-refractivity contribution in [3.63, 3.8) is 0 Å². The molecule has 1 rings (SSSR count). The third kappa shape index (κ3) is 2.25. The third-order valence-electron chi connectivity index (χ3n) is 1.30. The van der Waals surface area contributed by atoms with E-state index in [1.807, 2.05) is 0 Å². The first-order valence-corrected chi connectivity index (χ1v) is 4.56. The Balaban J connectivity index is 3.35. The molecule has 68 valence electrons. The van der Waals surface area contributed by atoms with Gasteiger partial charge in [-0.05, 0) is 28.7 Å². The number of halogens is 4. The number of hydrogen-bond donors (Lipinski definition) is 0. The largest absolute Gasteiger partial charge is 0.266 e. The molecule has 1 aromatic heterocycles. The molecule has 0 aliphatic carbocycles. The molecule has 0 N–H and O–H groups in total. The van der Waals surface area contributed by atoms with E-state index in [9.17, 15) is 8.78 Å². The minimum atomic E-state index is -2.70. The zero-order chi connectivity index (χ0) is 10.0. The Hall–Kier alpha value is -0.480. The Labute approximate surface area is 91.7 Å². The van der Waals surface area contributed by atoms with Crippen molar-refractivity contribution in [2.75, 3.05) is 0 Å². The van der Waals surface area contributed by atoms with Gasteiger partial charge in [0.2, 0.25) is 0 Å². The van der Waals surface area contributed by atoms with Gasteiger partial charge in [0, 0.05) is 0 Å². The highest BCUT2D eigenvalue weighted by molar-refractivity contribution is 14.1. The van der Waals surface area contributed by atoms with Gasteiger partial charge in [-0.3, -0.25) is 0 Å².